The molecule has 1 N–H and O–H groups in total. The molecule has 1 aromatic carbocycles. The summed E-state index contributed by atoms with van der Waals surface area (Å²) in [4.78, 5) is 1.17. The van der Waals surface area contributed by atoms with E-state index in [4.69, 9.17) is 11.6 Å². The van der Waals surface area contributed by atoms with Crippen molar-refractivity contribution in [2.45, 2.75) is 13.1 Å². The Morgan fingerprint density at radius 1 is 1.24 bits per heavy atom. The minimum Gasteiger partial charge on any atom is -0.308 e. The van der Waals surface area contributed by atoms with E-state index in [9.17, 15) is 4.39 Å². The summed E-state index contributed by atoms with van der Waals surface area (Å²) in [6, 6.07) is 9.00. The lowest BCUT2D eigenvalue weighted by molar-refractivity contribution is 0.614. The fourth-order valence-electron chi connectivity index (χ4n) is 1.43. The Hall–Kier alpha value is -0.420. The van der Waals surface area contributed by atoms with Crippen LogP contribution >= 0.6 is 38.9 Å². The molecule has 1 nitrogen and oxygen atoms in total. The van der Waals surface area contributed by atoms with E-state index in [1.165, 1.54) is 10.9 Å². The lowest BCUT2D eigenvalue weighted by Gasteiger charge is -2.04. The summed E-state index contributed by atoms with van der Waals surface area (Å²) in [6.07, 6.45) is 0. The van der Waals surface area contributed by atoms with Crippen LogP contribution in [0.25, 0.3) is 0 Å². The fourth-order valence-corrected chi connectivity index (χ4v) is 2.73. The van der Waals surface area contributed by atoms with Gasteiger partial charge in [-0.3, -0.25) is 0 Å². The first kappa shape index (κ1) is 13.0. The third kappa shape index (κ3) is 3.78. The molecule has 1 heterocycles. The predicted molar refractivity (Wildman–Crippen MR) is 74.0 cm³/mol. The zero-order valence-electron chi connectivity index (χ0n) is 8.84. The monoisotopic (exact) mass is 333 g/mol. The highest BCUT2D eigenvalue weighted by atomic mass is 79.9. The molecule has 0 unspecified atom stereocenters. The van der Waals surface area contributed by atoms with Crippen molar-refractivity contribution in [2.75, 3.05) is 0 Å². The van der Waals surface area contributed by atoms with Gasteiger partial charge in [0.1, 0.15) is 5.82 Å². The molecule has 0 saturated carbocycles. The average molecular weight is 335 g/mol. The van der Waals surface area contributed by atoms with E-state index in [1.807, 2.05) is 18.2 Å². The molecule has 0 atom stereocenters. The SMILES string of the molecule is Fc1cc(CNCc2ccc(Cl)s2)ccc1Br. The summed E-state index contributed by atoms with van der Waals surface area (Å²) in [6.45, 7) is 1.38. The molecule has 0 saturated heterocycles. The van der Waals surface area contributed by atoms with E-state index >= 15 is 0 Å². The molecule has 1 aromatic heterocycles. The van der Waals surface area contributed by atoms with Crippen LogP contribution in [-0.4, -0.2) is 0 Å². The molecule has 0 aliphatic heterocycles. The van der Waals surface area contributed by atoms with E-state index in [-0.39, 0.29) is 5.82 Å². The Bertz CT molecular complexity index is 515. The minimum absolute atomic E-state index is 0.233. The zero-order valence-corrected chi connectivity index (χ0v) is 12.0. The van der Waals surface area contributed by atoms with Gasteiger partial charge in [0.05, 0.1) is 8.81 Å². The van der Waals surface area contributed by atoms with Crippen molar-refractivity contribution >= 4 is 38.9 Å². The van der Waals surface area contributed by atoms with Crippen molar-refractivity contribution in [1.29, 1.82) is 0 Å². The third-order valence-corrected chi connectivity index (χ3v) is 4.12. The fraction of sp³-hybridized carbons (Fsp3) is 0.167. The largest absolute Gasteiger partial charge is 0.308 e. The summed E-state index contributed by atoms with van der Waals surface area (Å²) >= 11 is 10.5. The second-order valence-electron chi connectivity index (χ2n) is 3.56. The molecule has 90 valence electrons. The van der Waals surface area contributed by atoms with Crippen molar-refractivity contribution in [3.8, 4) is 0 Å². The standard InChI is InChI=1S/C12H10BrClFNS/c13-10-3-1-8(5-11(10)15)6-16-7-9-2-4-12(14)17-9/h1-5,16H,6-7H2. The van der Waals surface area contributed by atoms with E-state index in [0.717, 1.165) is 16.4 Å². The van der Waals surface area contributed by atoms with Gasteiger partial charge in [-0.05, 0) is 45.8 Å². The molecule has 2 aromatic rings. The zero-order chi connectivity index (χ0) is 12.3. The summed E-state index contributed by atoms with van der Waals surface area (Å²) in [7, 11) is 0. The Kier molecular flexibility index (Phi) is 4.56. The van der Waals surface area contributed by atoms with Crippen molar-refractivity contribution in [2.24, 2.45) is 0 Å². The molecular weight excluding hydrogens is 325 g/mol. The van der Waals surface area contributed by atoms with Gasteiger partial charge in [0.2, 0.25) is 0 Å². The number of hydrogen-bond acceptors (Lipinski definition) is 2. The van der Waals surface area contributed by atoms with Gasteiger partial charge in [-0.25, -0.2) is 4.39 Å². The Balaban J connectivity index is 1.87. The van der Waals surface area contributed by atoms with Gasteiger partial charge in [0.15, 0.2) is 0 Å². The Morgan fingerprint density at radius 3 is 2.71 bits per heavy atom. The first-order valence-corrected chi connectivity index (χ1v) is 7.03. The molecule has 0 spiro atoms. The molecule has 2 rings (SSSR count). The van der Waals surface area contributed by atoms with E-state index in [1.54, 1.807) is 17.4 Å². The third-order valence-electron chi connectivity index (χ3n) is 2.24. The maximum absolute atomic E-state index is 13.2. The molecule has 0 aliphatic carbocycles. The molecule has 0 bridgehead atoms. The lowest BCUT2D eigenvalue weighted by Crippen LogP contribution is -2.11. The van der Waals surface area contributed by atoms with Crippen molar-refractivity contribution < 1.29 is 4.39 Å². The van der Waals surface area contributed by atoms with Crippen LogP contribution in [0.3, 0.4) is 0 Å². The van der Waals surface area contributed by atoms with Gasteiger partial charge < -0.3 is 5.32 Å². The summed E-state index contributed by atoms with van der Waals surface area (Å²) < 4.78 is 14.5. The van der Waals surface area contributed by atoms with Crippen LogP contribution in [0.2, 0.25) is 4.34 Å². The normalized spacial score (nSPS) is 10.8. The lowest BCUT2D eigenvalue weighted by atomic mass is 10.2. The minimum atomic E-state index is -0.233. The highest BCUT2D eigenvalue weighted by Crippen LogP contribution is 2.21. The van der Waals surface area contributed by atoms with Gasteiger partial charge in [-0.15, -0.1) is 11.3 Å². The van der Waals surface area contributed by atoms with Crippen LogP contribution in [0.15, 0.2) is 34.8 Å². The van der Waals surface area contributed by atoms with E-state index in [0.29, 0.717) is 11.0 Å². The Morgan fingerprint density at radius 2 is 2.06 bits per heavy atom. The summed E-state index contributed by atoms with van der Waals surface area (Å²) in [5.41, 5.74) is 0.924. The highest BCUT2D eigenvalue weighted by molar-refractivity contribution is 9.10. The molecule has 0 amide bonds. The molecular formula is C12H10BrClFNS. The van der Waals surface area contributed by atoms with Crippen LogP contribution in [0.1, 0.15) is 10.4 Å². The van der Waals surface area contributed by atoms with Gasteiger partial charge in [0.25, 0.3) is 0 Å². The van der Waals surface area contributed by atoms with Crippen LogP contribution in [-0.2, 0) is 13.1 Å². The second kappa shape index (κ2) is 5.96. The van der Waals surface area contributed by atoms with Gasteiger partial charge in [-0.2, -0.15) is 0 Å². The molecule has 0 aliphatic rings. The predicted octanol–water partition coefficient (Wildman–Crippen LogP) is 4.59. The topological polar surface area (TPSA) is 12.0 Å². The van der Waals surface area contributed by atoms with Crippen molar-refractivity contribution in [3.63, 3.8) is 0 Å². The maximum Gasteiger partial charge on any atom is 0.137 e. The number of halogens is 3. The smallest absolute Gasteiger partial charge is 0.137 e. The summed E-state index contributed by atoms with van der Waals surface area (Å²) in [5, 5.41) is 3.25. The number of nitrogens with one attached hydrogen (secondary N) is 1. The van der Waals surface area contributed by atoms with Crippen molar-refractivity contribution in [3.05, 3.63) is 55.4 Å². The first-order valence-electron chi connectivity index (χ1n) is 5.04. The Labute approximate surface area is 117 Å². The molecule has 0 fully saturated rings. The number of thiophene rings is 1. The van der Waals surface area contributed by atoms with Crippen molar-refractivity contribution in [1.82, 2.24) is 5.32 Å². The van der Waals surface area contributed by atoms with Gasteiger partial charge in [0, 0.05) is 18.0 Å². The van der Waals surface area contributed by atoms with Gasteiger partial charge >= 0.3 is 0 Å². The maximum atomic E-state index is 13.2. The van der Waals surface area contributed by atoms with Crippen LogP contribution in [0.5, 0.6) is 0 Å². The van der Waals surface area contributed by atoms with Crippen LogP contribution in [0, 0.1) is 5.82 Å². The number of benzene rings is 1. The molecule has 5 heteroatoms. The van der Waals surface area contributed by atoms with E-state index < -0.39 is 0 Å². The van der Waals surface area contributed by atoms with Crippen LogP contribution in [0.4, 0.5) is 4.39 Å². The highest BCUT2D eigenvalue weighted by Gasteiger charge is 2.01. The number of hydrogen-bond donors (Lipinski definition) is 1. The molecule has 0 radical (unpaired) electrons. The first-order chi connectivity index (χ1) is 8.15. The number of rotatable bonds is 4. The van der Waals surface area contributed by atoms with Gasteiger partial charge in [-0.1, -0.05) is 17.7 Å². The van der Waals surface area contributed by atoms with Crippen LogP contribution < -0.4 is 5.32 Å². The van der Waals surface area contributed by atoms with E-state index in [2.05, 4.69) is 21.2 Å². The summed E-state index contributed by atoms with van der Waals surface area (Å²) in [5.74, 6) is -0.233. The second-order valence-corrected chi connectivity index (χ2v) is 6.21. The molecule has 17 heavy (non-hydrogen) atoms. The average Bonchev–Trinajstić information content (AvgIpc) is 2.70. The quantitative estimate of drug-likeness (QED) is 0.862.